The number of hydrogen-bond donors (Lipinski definition) is 0. The van der Waals surface area contributed by atoms with Gasteiger partial charge in [0, 0.05) is 23.8 Å². The molecule has 2 rings (SSSR count). The van der Waals surface area contributed by atoms with Crippen LogP contribution in [0.25, 0.3) is 0 Å². The average Bonchev–Trinajstić information content (AvgIpc) is 2.39. The first kappa shape index (κ1) is 14.3. The van der Waals surface area contributed by atoms with Gasteiger partial charge in [0.1, 0.15) is 5.82 Å². The minimum Gasteiger partial charge on any atom is -0.469 e. The maximum Gasteiger partial charge on any atom is 0.308 e. The summed E-state index contributed by atoms with van der Waals surface area (Å²) in [6.45, 7) is 4.06. The van der Waals surface area contributed by atoms with E-state index < -0.39 is 0 Å². The van der Waals surface area contributed by atoms with Crippen LogP contribution in [0.4, 0.5) is 5.82 Å². The number of methoxy groups -OCH3 is 1. The van der Waals surface area contributed by atoms with Crippen LogP contribution in [0.15, 0.2) is 16.7 Å². The lowest BCUT2D eigenvalue weighted by atomic mass is 10.2. The Morgan fingerprint density at radius 1 is 1.68 bits per heavy atom. The van der Waals surface area contributed by atoms with Gasteiger partial charge in [0.25, 0.3) is 0 Å². The lowest BCUT2D eigenvalue weighted by molar-refractivity contribution is -0.144. The molecule has 1 saturated heterocycles. The largest absolute Gasteiger partial charge is 0.469 e. The van der Waals surface area contributed by atoms with Gasteiger partial charge in [-0.3, -0.25) is 4.79 Å². The Labute approximate surface area is 121 Å². The maximum absolute atomic E-state index is 11.3. The van der Waals surface area contributed by atoms with Crippen molar-refractivity contribution in [2.24, 2.45) is 0 Å². The Bertz CT molecular complexity index is 467. The van der Waals surface area contributed by atoms with Crippen LogP contribution in [-0.2, 0) is 14.3 Å². The molecule has 0 unspecified atom stereocenters. The summed E-state index contributed by atoms with van der Waals surface area (Å²) in [5.41, 5.74) is 1.10. The number of morpholine rings is 1. The van der Waals surface area contributed by atoms with E-state index in [9.17, 15) is 4.79 Å². The Morgan fingerprint density at radius 2 is 2.47 bits per heavy atom. The van der Waals surface area contributed by atoms with Crippen molar-refractivity contribution in [1.82, 2.24) is 4.98 Å². The molecular weight excluding hydrogens is 312 g/mol. The molecule has 0 bridgehead atoms. The minimum absolute atomic E-state index is 0.133. The van der Waals surface area contributed by atoms with E-state index in [-0.39, 0.29) is 18.5 Å². The number of esters is 1. The quantitative estimate of drug-likeness (QED) is 0.793. The summed E-state index contributed by atoms with van der Waals surface area (Å²) in [5, 5.41) is 0. The summed E-state index contributed by atoms with van der Waals surface area (Å²) < 4.78 is 11.2. The van der Waals surface area contributed by atoms with Crippen molar-refractivity contribution in [1.29, 1.82) is 0 Å². The zero-order valence-electron chi connectivity index (χ0n) is 11.1. The predicted octanol–water partition coefficient (Wildman–Crippen LogP) is 1.92. The van der Waals surface area contributed by atoms with Gasteiger partial charge in [-0.2, -0.15) is 0 Å². The number of carbonyl (C=O) groups is 1. The molecule has 19 heavy (non-hydrogen) atoms. The number of hydrogen-bond acceptors (Lipinski definition) is 5. The molecule has 1 aliphatic rings. The van der Waals surface area contributed by atoms with Crippen LogP contribution in [0.1, 0.15) is 12.0 Å². The zero-order chi connectivity index (χ0) is 13.8. The van der Waals surface area contributed by atoms with Crippen molar-refractivity contribution >= 4 is 27.7 Å². The molecule has 0 spiro atoms. The van der Waals surface area contributed by atoms with E-state index >= 15 is 0 Å². The second-order valence-corrected chi connectivity index (χ2v) is 5.43. The lowest BCUT2D eigenvalue weighted by Crippen LogP contribution is -2.44. The maximum atomic E-state index is 11.3. The fourth-order valence-corrected chi connectivity index (χ4v) is 2.61. The van der Waals surface area contributed by atoms with Crippen LogP contribution < -0.4 is 4.90 Å². The summed E-state index contributed by atoms with van der Waals surface area (Å²) in [4.78, 5) is 17.9. The number of nitrogens with zero attached hydrogens (tertiary/aromatic N) is 2. The third kappa shape index (κ3) is 3.67. The average molecular weight is 329 g/mol. The molecule has 1 aromatic heterocycles. The molecule has 0 N–H and O–H groups in total. The zero-order valence-corrected chi connectivity index (χ0v) is 12.6. The van der Waals surface area contributed by atoms with Crippen LogP contribution in [0, 0.1) is 6.92 Å². The molecule has 1 atom stereocenters. The van der Waals surface area contributed by atoms with Crippen LogP contribution in [0.5, 0.6) is 0 Å². The molecule has 0 amide bonds. The molecule has 2 heterocycles. The summed E-state index contributed by atoms with van der Waals surface area (Å²) in [5.74, 6) is 0.703. The smallest absolute Gasteiger partial charge is 0.308 e. The van der Waals surface area contributed by atoms with Crippen molar-refractivity contribution in [2.45, 2.75) is 19.4 Å². The third-order valence-corrected chi connectivity index (χ3v) is 3.51. The van der Waals surface area contributed by atoms with Gasteiger partial charge in [0.2, 0.25) is 0 Å². The normalized spacial score (nSPS) is 19.3. The van der Waals surface area contributed by atoms with Crippen LogP contribution in [0.2, 0.25) is 0 Å². The highest BCUT2D eigenvalue weighted by Crippen LogP contribution is 2.23. The van der Waals surface area contributed by atoms with Gasteiger partial charge in [0.15, 0.2) is 0 Å². The number of halogens is 1. The Morgan fingerprint density at radius 3 is 3.16 bits per heavy atom. The Balaban J connectivity index is 2.06. The summed E-state index contributed by atoms with van der Waals surface area (Å²) in [7, 11) is 1.39. The number of carbonyl (C=O) groups excluding carboxylic acids is 1. The minimum atomic E-state index is -0.243. The fourth-order valence-electron chi connectivity index (χ4n) is 2.17. The number of ether oxygens (including phenoxy) is 2. The van der Waals surface area contributed by atoms with Gasteiger partial charge in [-0.1, -0.05) is 0 Å². The SMILES string of the molecule is COC(=O)C[C@H]1CN(c2ncc(Br)cc2C)CCO1. The predicted molar refractivity (Wildman–Crippen MR) is 75.3 cm³/mol. The highest BCUT2D eigenvalue weighted by Gasteiger charge is 2.24. The number of rotatable bonds is 3. The monoisotopic (exact) mass is 328 g/mol. The van der Waals surface area contributed by atoms with Crippen LogP contribution in [0.3, 0.4) is 0 Å². The van der Waals surface area contributed by atoms with E-state index in [4.69, 9.17) is 4.74 Å². The van der Waals surface area contributed by atoms with E-state index in [0.29, 0.717) is 13.2 Å². The second kappa shape index (κ2) is 6.34. The number of anilines is 1. The van der Waals surface area contributed by atoms with Crippen LogP contribution in [-0.4, -0.2) is 43.9 Å². The highest BCUT2D eigenvalue weighted by atomic mass is 79.9. The van der Waals surface area contributed by atoms with Gasteiger partial charge < -0.3 is 14.4 Å². The Hall–Kier alpha value is -1.14. The first-order valence-corrected chi connectivity index (χ1v) is 6.95. The molecule has 1 aliphatic heterocycles. The first-order valence-electron chi connectivity index (χ1n) is 6.15. The van der Waals surface area contributed by atoms with E-state index in [1.807, 2.05) is 13.0 Å². The van der Waals surface area contributed by atoms with Gasteiger partial charge in [-0.15, -0.1) is 0 Å². The van der Waals surface area contributed by atoms with E-state index in [2.05, 4.69) is 30.6 Å². The molecule has 0 aromatic carbocycles. The molecule has 6 heteroatoms. The molecule has 5 nitrogen and oxygen atoms in total. The van der Waals surface area contributed by atoms with Crippen molar-refractivity contribution in [2.75, 3.05) is 31.7 Å². The molecule has 0 aliphatic carbocycles. The molecular formula is C13H17BrN2O3. The van der Waals surface area contributed by atoms with Gasteiger partial charge >= 0.3 is 5.97 Å². The second-order valence-electron chi connectivity index (χ2n) is 4.51. The third-order valence-electron chi connectivity index (χ3n) is 3.08. The fraction of sp³-hybridized carbons (Fsp3) is 0.538. The molecule has 104 valence electrons. The molecule has 1 aromatic rings. The van der Waals surface area contributed by atoms with Crippen molar-refractivity contribution < 1.29 is 14.3 Å². The van der Waals surface area contributed by atoms with Crippen molar-refractivity contribution in [3.63, 3.8) is 0 Å². The molecule has 1 fully saturated rings. The van der Waals surface area contributed by atoms with Crippen molar-refractivity contribution in [3.05, 3.63) is 22.3 Å². The summed E-state index contributed by atoms with van der Waals surface area (Å²) in [6.07, 6.45) is 1.93. The molecule has 0 radical (unpaired) electrons. The standard InChI is InChI=1S/C13H17BrN2O3/c1-9-5-10(14)7-15-13(9)16-3-4-19-11(8-16)6-12(17)18-2/h5,7,11H,3-4,6,8H2,1-2H3/t11-/m0/s1. The highest BCUT2D eigenvalue weighted by molar-refractivity contribution is 9.10. The number of aromatic nitrogens is 1. The number of aryl methyl sites for hydroxylation is 1. The van der Waals surface area contributed by atoms with Gasteiger partial charge in [-0.25, -0.2) is 4.98 Å². The topological polar surface area (TPSA) is 51.7 Å². The van der Waals surface area contributed by atoms with E-state index in [1.54, 1.807) is 6.20 Å². The lowest BCUT2D eigenvalue weighted by Gasteiger charge is -2.34. The van der Waals surface area contributed by atoms with E-state index in [0.717, 1.165) is 22.4 Å². The van der Waals surface area contributed by atoms with Crippen LogP contribution >= 0.6 is 15.9 Å². The van der Waals surface area contributed by atoms with E-state index in [1.165, 1.54) is 7.11 Å². The molecule has 0 saturated carbocycles. The number of pyridine rings is 1. The van der Waals surface area contributed by atoms with Gasteiger partial charge in [-0.05, 0) is 34.5 Å². The van der Waals surface area contributed by atoms with Gasteiger partial charge in [0.05, 0.1) is 26.2 Å². The summed E-state index contributed by atoms with van der Waals surface area (Å²) >= 11 is 3.41. The Kier molecular flexibility index (Phi) is 4.76. The first-order chi connectivity index (χ1) is 9.10. The summed E-state index contributed by atoms with van der Waals surface area (Å²) in [6, 6.07) is 2.03. The van der Waals surface area contributed by atoms with Crippen molar-refractivity contribution in [3.8, 4) is 0 Å².